The molecular weight excluding hydrogens is 416 g/mol. The molecule has 0 aliphatic carbocycles. The van der Waals surface area contributed by atoms with E-state index in [1.807, 2.05) is 30.3 Å². The van der Waals surface area contributed by atoms with Gasteiger partial charge < -0.3 is 9.80 Å². The smallest absolute Gasteiger partial charge is 0.328 e. The van der Waals surface area contributed by atoms with Crippen LogP contribution in [0.5, 0.6) is 0 Å². The van der Waals surface area contributed by atoms with E-state index in [2.05, 4.69) is 4.90 Å². The van der Waals surface area contributed by atoms with E-state index in [9.17, 15) is 18.0 Å². The molecule has 31 heavy (non-hydrogen) atoms. The maximum Gasteiger partial charge on any atom is 0.328 e. The molecule has 0 radical (unpaired) electrons. The maximum absolute atomic E-state index is 12.8. The Bertz CT molecular complexity index is 1270. The fraction of sp³-hybridized carbons (Fsp3) is 0.364. The average molecular weight is 443 g/mol. The number of imidazole rings is 1. The van der Waals surface area contributed by atoms with Crippen molar-refractivity contribution in [3.8, 4) is 0 Å². The highest BCUT2D eigenvalue weighted by Crippen LogP contribution is 2.20. The largest absolute Gasteiger partial charge is 0.368 e. The molecule has 0 spiro atoms. The third-order valence-electron chi connectivity index (χ3n) is 5.94. The third-order valence-corrected chi connectivity index (χ3v) is 7.65. The van der Waals surface area contributed by atoms with Gasteiger partial charge in [-0.2, -0.15) is 0 Å². The number of nitrogens with zero attached hydrogens (tertiary/aromatic N) is 4. The van der Waals surface area contributed by atoms with Crippen LogP contribution in [-0.4, -0.2) is 60.3 Å². The number of benzene rings is 2. The van der Waals surface area contributed by atoms with Gasteiger partial charge in [0.25, 0.3) is 0 Å². The van der Waals surface area contributed by atoms with Gasteiger partial charge in [0.05, 0.1) is 21.7 Å². The second kappa shape index (κ2) is 8.22. The van der Waals surface area contributed by atoms with Gasteiger partial charge in [0.2, 0.25) is 5.91 Å². The van der Waals surface area contributed by atoms with Gasteiger partial charge in [-0.25, -0.2) is 13.2 Å². The Labute approximate surface area is 181 Å². The Morgan fingerprint density at radius 1 is 0.903 bits per heavy atom. The molecule has 0 bridgehead atoms. The molecule has 1 aliphatic heterocycles. The number of anilines is 1. The minimum Gasteiger partial charge on any atom is -0.368 e. The summed E-state index contributed by atoms with van der Waals surface area (Å²) in [6, 6.07) is 14.7. The first-order chi connectivity index (χ1) is 14.8. The van der Waals surface area contributed by atoms with Crippen molar-refractivity contribution in [1.82, 2.24) is 14.0 Å². The molecule has 0 saturated carbocycles. The molecule has 1 fully saturated rings. The first kappa shape index (κ1) is 21.2. The number of rotatable bonds is 5. The Morgan fingerprint density at radius 3 is 2.23 bits per heavy atom. The van der Waals surface area contributed by atoms with E-state index in [4.69, 9.17) is 0 Å². The van der Waals surface area contributed by atoms with Crippen molar-refractivity contribution >= 4 is 32.5 Å². The SMILES string of the molecule is Cn1c(=O)n(C)c2cc(S(=O)(=O)CCC(=O)N3CCN(c4ccccc4)CC3)ccc21. The summed E-state index contributed by atoms with van der Waals surface area (Å²) in [5.41, 5.74) is 2.13. The molecule has 2 heterocycles. The number of carbonyl (C=O) groups excluding carboxylic acids is 1. The number of piperazine rings is 1. The highest BCUT2D eigenvalue weighted by molar-refractivity contribution is 7.91. The van der Waals surface area contributed by atoms with E-state index in [-0.39, 0.29) is 28.7 Å². The highest BCUT2D eigenvalue weighted by Gasteiger charge is 2.24. The van der Waals surface area contributed by atoms with Gasteiger partial charge in [0.15, 0.2) is 9.84 Å². The Hall–Kier alpha value is -3.07. The van der Waals surface area contributed by atoms with Gasteiger partial charge in [-0.15, -0.1) is 0 Å². The van der Waals surface area contributed by atoms with Crippen molar-refractivity contribution in [3.63, 3.8) is 0 Å². The molecule has 1 amide bonds. The molecule has 0 atom stereocenters. The van der Waals surface area contributed by atoms with Crippen molar-refractivity contribution in [1.29, 1.82) is 0 Å². The molecule has 3 aromatic rings. The lowest BCUT2D eigenvalue weighted by Crippen LogP contribution is -2.49. The van der Waals surface area contributed by atoms with Crippen LogP contribution < -0.4 is 10.6 Å². The lowest BCUT2D eigenvalue weighted by molar-refractivity contribution is -0.131. The summed E-state index contributed by atoms with van der Waals surface area (Å²) in [6.07, 6.45) is -0.0561. The van der Waals surface area contributed by atoms with Crippen molar-refractivity contribution in [3.05, 3.63) is 59.0 Å². The van der Waals surface area contributed by atoms with E-state index in [1.165, 1.54) is 21.3 Å². The maximum atomic E-state index is 12.8. The Balaban J connectivity index is 1.39. The van der Waals surface area contributed by atoms with Crippen LogP contribution >= 0.6 is 0 Å². The first-order valence-corrected chi connectivity index (χ1v) is 11.9. The van der Waals surface area contributed by atoms with Gasteiger partial charge in [0.1, 0.15) is 0 Å². The average Bonchev–Trinajstić information content (AvgIpc) is 3.02. The van der Waals surface area contributed by atoms with E-state index in [0.29, 0.717) is 24.1 Å². The molecule has 2 aromatic carbocycles. The fourth-order valence-corrected chi connectivity index (χ4v) is 5.28. The Morgan fingerprint density at radius 2 is 1.55 bits per heavy atom. The topological polar surface area (TPSA) is 84.6 Å². The Kier molecular flexibility index (Phi) is 5.62. The number of hydrogen-bond donors (Lipinski definition) is 0. The molecule has 164 valence electrons. The van der Waals surface area contributed by atoms with Crippen LogP contribution in [0.1, 0.15) is 6.42 Å². The number of sulfone groups is 1. The monoisotopic (exact) mass is 442 g/mol. The summed E-state index contributed by atoms with van der Waals surface area (Å²) >= 11 is 0. The van der Waals surface area contributed by atoms with Crippen LogP contribution in [0.2, 0.25) is 0 Å². The first-order valence-electron chi connectivity index (χ1n) is 10.2. The summed E-state index contributed by atoms with van der Waals surface area (Å²) in [5, 5.41) is 0. The molecule has 9 heteroatoms. The quantitative estimate of drug-likeness (QED) is 0.596. The molecule has 8 nitrogen and oxygen atoms in total. The molecule has 4 rings (SSSR count). The van der Waals surface area contributed by atoms with Crippen LogP contribution in [-0.2, 0) is 28.7 Å². The van der Waals surface area contributed by atoms with E-state index >= 15 is 0 Å². The molecule has 0 N–H and O–H groups in total. The summed E-state index contributed by atoms with van der Waals surface area (Å²) in [6.45, 7) is 2.60. The molecule has 0 unspecified atom stereocenters. The van der Waals surface area contributed by atoms with Crippen molar-refractivity contribution < 1.29 is 13.2 Å². The van der Waals surface area contributed by atoms with Crippen LogP contribution in [0, 0.1) is 0 Å². The predicted molar refractivity (Wildman–Crippen MR) is 120 cm³/mol. The van der Waals surface area contributed by atoms with Crippen LogP contribution in [0.4, 0.5) is 5.69 Å². The summed E-state index contributed by atoms with van der Waals surface area (Å²) in [4.78, 5) is 28.8. The van der Waals surface area contributed by atoms with Gasteiger partial charge in [-0.05, 0) is 30.3 Å². The van der Waals surface area contributed by atoms with E-state index < -0.39 is 9.84 Å². The van der Waals surface area contributed by atoms with E-state index in [1.54, 1.807) is 25.1 Å². The molecule has 1 aromatic heterocycles. The van der Waals surface area contributed by atoms with Gasteiger partial charge >= 0.3 is 5.69 Å². The number of carbonyl (C=O) groups is 1. The minimum absolute atomic E-state index is 0.0561. The minimum atomic E-state index is -3.64. The number of hydrogen-bond acceptors (Lipinski definition) is 5. The summed E-state index contributed by atoms with van der Waals surface area (Å²) in [5.74, 6) is -0.402. The van der Waals surface area contributed by atoms with Gasteiger partial charge in [-0.1, -0.05) is 18.2 Å². The van der Waals surface area contributed by atoms with Gasteiger partial charge in [0, 0.05) is 52.4 Å². The second-order valence-electron chi connectivity index (χ2n) is 7.82. The third kappa shape index (κ3) is 4.10. The fourth-order valence-electron chi connectivity index (χ4n) is 4.03. The van der Waals surface area contributed by atoms with Crippen LogP contribution in [0.15, 0.2) is 58.2 Å². The van der Waals surface area contributed by atoms with Crippen molar-refractivity contribution in [2.24, 2.45) is 14.1 Å². The van der Waals surface area contributed by atoms with Gasteiger partial charge in [-0.3, -0.25) is 13.9 Å². The normalized spacial score (nSPS) is 14.9. The number of aryl methyl sites for hydroxylation is 2. The zero-order valence-electron chi connectivity index (χ0n) is 17.7. The zero-order valence-corrected chi connectivity index (χ0v) is 18.5. The summed E-state index contributed by atoms with van der Waals surface area (Å²) < 4.78 is 28.6. The highest BCUT2D eigenvalue weighted by atomic mass is 32.2. The number of aromatic nitrogens is 2. The molecule has 1 saturated heterocycles. The molecular formula is C22H26N4O4S. The number of para-hydroxylation sites is 1. The van der Waals surface area contributed by atoms with Crippen molar-refractivity contribution in [2.75, 3.05) is 36.8 Å². The predicted octanol–water partition coefficient (Wildman–Crippen LogP) is 1.39. The second-order valence-corrected chi connectivity index (χ2v) is 9.93. The summed E-state index contributed by atoms with van der Waals surface area (Å²) in [7, 11) is -0.383. The van der Waals surface area contributed by atoms with Crippen LogP contribution in [0.3, 0.4) is 0 Å². The number of amides is 1. The van der Waals surface area contributed by atoms with E-state index in [0.717, 1.165) is 18.8 Å². The van der Waals surface area contributed by atoms with Crippen molar-refractivity contribution in [2.45, 2.75) is 11.3 Å². The zero-order chi connectivity index (χ0) is 22.2. The van der Waals surface area contributed by atoms with Crippen LogP contribution in [0.25, 0.3) is 11.0 Å². The lowest BCUT2D eigenvalue weighted by Gasteiger charge is -2.36. The lowest BCUT2D eigenvalue weighted by atomic mass is 10.2. The molecule has 1 aliphatic rings. The number of fused-ring (bicyclic) bond motifs is 1. The standard InChI is InChI=1S/C22H26N4O4S/c1-23-19-9-8-18(16-20(19)24(2)22(23)28)31(29,30)15-10-21(27)26-13-11-25(12-14-26)17-6-4-3-5-7-17/h3-9,16H,10-15H2,1-2H3.